The van der Waals surface area contributed by atoms with Gasteiger partial charge in [-0.3, -0.25) is 4.79 Å². The van der Waals surface area contributed by atoms with Crippen LogP contribution in [0.5, 0.6) is 0 Å². The number of amides is 1. The summed E-state index contributed by atoms with van der Waals surface area (Å²) in [6.45, 7) is 3.62. The molecule has 266 valence electrons. The molecule has 0 saturated carbocycles. The van der Waals surface area contributed by atoms with Gasteiger partial charge in [0.1, 0.15) is 24.4 Å². The molecule has 7 unspecified atom stereocenters. The van der Waals surface area contributed by atoms with E-state index in [1.807, 2.05) is 18.2 Å². The minimum absolute atomic E-state index is 0.225. The van der Waals surface area contributed by atoms with Gasteiger partial charge in [-0.1, -0.05) is 114 Å². The molecule has 9 heteroatoms. The van der Waals surface area contributed by atoms with Gasteiger partial charge in [-0.2, -0.15) is 0 Å². The van der Waals surface area contributed by atoms with Gasteiger partial charge in [0.25, 0.3) is 0 Å². The minimum Gasteiger partial charge on any atom is -0.394 e. The molecule has 0 bridgehead atoms. The van der Waals surface area contributed by atoms with Gasteiger partial charge in [-0.25, -0.2) is 0 Å². The number of hydrogen-bond acceptors (Lipinski definition) is 8. The van der Waals surface area contributed by atoms with E-state index in [9.17, 15) is 30.3 Å². The Morgan fingerprint density at radius 3 is 1.98 bits per heavy atom. The molecule has 6 N–H and O–H groups in total. The van der Waals surface area contributed by atoms with Crippen LogP contribution in [0, 0.1) is 0 Å². The van der Waals surface area contributed by atoms with Crippen molar-refractivity contribution < 1.29 is 39.8 Å². The highest BCUT2D eigenvalue weighted by atomic mass is 16.7. The zero-order valence-corrected chi connectivity index (χ0v) is 28.6. The first-order valence-electron chi connectivity index (χ1n) is 17.9. The van der Waals surface area contributed by atoms with E-state index in [0.717, 1.165) is 32.1 Å². The molecular weight excluding hydrogens is 586 g/mol. The summed E-state index contributed by atoms with van der Waals surface area (Å²) in [6.07, 6.45) is 26.0. The third-order valence-electron chi connectivity index (χ3n) is 8.14. The van der Waals surface area contributed by atoms with Crippen LogP contribution in [0.15, 0.2) is 48.6 Å². The quantitative estimate of drug-likeness (QED) is 0.0501. The highest BCUT2D eigenvalue weighted by molar-refractivity contribution is 5.76. The van der Waals surface area contributed by atoms with Crippen molar-refractivity contribution in [3.05, 3.63) is 48.6 Å². The summed E-state index contributed by atoms with van der Waals surface area (Å²) in [5.74, 6) is -0.260. The molecule has 0 radical (unpaired) electrons. The molecule has 46 heavy (non-hydrogen) atoms. The molecule has 1 aliphatic heterocycles. The second-order valence-corrected chi connectivity index (χ2v) is 12.3. The van der Waals surface area contributed by atoms with Gasteiger partial charge < -0.3 is 40.3 Å². The monoisotopic (exact) mass is 651 g/mol. The van der Waals surface area contributed by atoms with Crippen LogP contribution in [-0.2, 0) is 14.3 Å². The van der Waals surface area contributed by atoms with E-state index in [4.69, 9.17) is 9.47 Å². The van der Waals surface area contributed by atoms with Gasteiger partial charge in [0, 0.05) is 6.42 Å². The van der Waals surface area contributed by atoms with E-state index in [1.165, 1.54) is 64.2 Å². The Labute approximate surface area is 278 Å². The Bertz CT molecular complexity index is 858. The van der Waals surface area contributed by atoms with Crippen LogP contribution in [0.3, 0.4) is 0 Å². The molecule has 1 fully saturated rings. The fraction of sp³-hybridized carbons (Fsp3) is 0.757. The molecule has 1 aliphatic rings. The van der Waals surface area contributed by atoms with E-state index in [2.05, 4.69) is 43.5 Å². The van der Waals surface area contributed by atoms with E-state index in [0.29, 0.717) is 6.42 Å². The maximum absolute atomic E-state index is 12.8. The Morgan fingerprint density at radius 2 is 1.30 bits per heavy atom. The molecule has 0 spiro atoms. The molecular formula is C37H65NO8. The first kappa shape index (κ1) is 42.2. The fourth-order valence-electron chi connectivity index (χ4n) is 5.16. The van der Waals surface area contributed by atoms with Gasteiger partial charge in [0.2, 0.25) is 5.91 Å². The third-order valence-corrected chi connectivity index (χ3v) is 8.14. The SMILES string of the molecule is CCCCCC/C=C/CC/C=C/C(O)C(COC1OC(CO)C(O)C(O)C1O)NC(=O)CC/C=C\C/C=C\CCCCCCCC. The largest absolute Gasteiger partial charge is 0.394 e. The molecule has 1 saturated heterocycles. The van der Waals surface area contributed by atoms with Crippen molar-refractivity contribution >= 4 is 5.91 Å². The fourth-order valence-corrected chi connectivity index (χ4v) is 5.16. The molecule has 0 aromatic rings. The molecule has 0 aromatic carbocycles. The summed E-state index contributed by atoms with van der Waals surface area (Å²) in [5.41, 5.74) is 0. The van der Waals surface area contributed by atoms with Crippen LogP contribution in [0.25, 0.3) is 0 Å². The van der Waals surface area contributed by atoms with E-state index >= 15 is 0 Å². The Balaban J connectivity index is 2.57. The topological polar surface area (TPSA) is 149 Å². The van der Waals surface area contributed by atoms with Crippen molar-refractivity contribution in [2.45, 2.75) is 166 Å². The van der Waals surface area contributed by atoms with Crippen LogP contribution >= 0.6 is 0 Å². The van der Waals surface area contributed by atoms with E-state index < -0.39 is 49.5 Å². The number of nitrogens with one attached hydrogen (secondary N) is 1. The predicted octanol–water partition coefficient (Wildman–Crippen LogP) is 5.54. The number of allylic oxidation sites excluding steroid dienone is 7. The van der Waals surface area contributed by atoms with Crippen LogP contribution in [0.2, 0.25) is 0 Å². The van der Waals surface area contributed by atoms with Crippen molar-refractivity contribution in [3.8, 4) is 0 Å². The molecule has 0 aromatic heterocycles. The summed E-state index contributed by atoms with van der Waals surface area (Å²) in [7, 11) is 0. The van der Waals surface area contributed by atoms with Crippen molar-refractivity contribution in [2.75, 3.05) is 13.2 Å². The van der Waals surface area contributed by atoms with Crippen molar-refractivity contribution in [1.29, 1.82) is 0 Å². The Hall–Kier alpha value is -1.85. The van der Waals surface area contributed by atoms with Gasteiger partial charge in [0.05, 0.1) is 25.4 Å². The van der Waals surface area contributed by atoms with Crippen molar-refractivity contribution in [3.63, 3.8) is 0 Å². The predicted molar refractivity (Wildman–Crippen MR) is 184 cm³/mol. The van der Waals surface area contributed by atoms with Gasteiger partial charge in [-0.05, 0) is 51.4 Å². The minimum atomic E-state index is -1.58. The highest BCUT2D eigenvalue weighted by Gasteiger charge is 2.44. The van der Waals surface area contributed by atoms with Crippen molar-refractivity contribution in [2.24, 2.45) is 0 Å². The zero-order chi connectivity index (χ0) is 33.8. The summed E-state index contributed by atoms with van der Waals surface area (Å²) in [5, 5.41) is 53.6. The Kier molecular flexibility index (Phi) is 25.8. The number of unbranched alkanes of at least 4 members (excludes halogenated alkanes) is 11. The lowest BCUT2D eigenvalue weighted by Crippen LogP contribution is -2.60. The third kappa shape index (κ3) is 19.7. The summed E-state index contributed by atoms with van der Waals surface area (Å²) in [4.78, 5) is 12.8. The smallest absolute Gasteiger partial charge is 0.220 e. The standard InChI is InChI=1S/C37H65NO8/c1-3-5-7-9-11-13-15-16-17-19-21-23-25-27-33(41)38-30(29-45-37-36(44)35(43)34(42)32(28-39)46-37)31(40)26-24-22-20-18-14-12-10-8-6-4-2/h14,16-18,21,23-24,26,30-32,34-37,39-40,42-44H,3-13,15,19-20,22,25,27-29H2,1-2H3,(H,38,41)/b17-16-,18-14+,23-21-,26-24+. The summed E-state index contributed by atoms with van der Waals surface area (Å²) >= 11 is 0. The molecule has 1 amide bonds. The number of ether oxygens (including phenoxy) is 2. The first-order valence-corrected chi connectivity index (χ1v) is 17.9. The lowest BCUT2D eigenvalue weighted by atomic mass is 9.99. The van der Waals surface area contributed by atoms with Gasteiger partial charge in [-0.15, -0.1) is 0 Å². The maximum Gasteiger partial charge on any atom is 0.220 e. The van der Waals surface area contributed by atoms with Crippen LogP contribution < -0.4 is 5.32 Å². The zero-order valence-electron chi connectivity index (χ0n) is 28.6. The molecule has 0 aliphatic carbocycles. The van der Waals surface area contributed by atoms with Crippen molar-refractivity contribution in [1.82, 2.24) is 5.32 Å². The molecule has 7 atom stereocenters. The number of aliphatic hydroxyl groups is 5. The number of hydrogen-bond donors (Lipinski definition) is 6. The lowest BCUT2D eigenvalue weighted by molar-refractivity contribution is -0.302. The van der Waals surface area contributed by atoms with Gasteiger partial charge >= 0.3 is 0 Å². The molecule has 9 nitrogen and oxygen atoms in total. The number of carbonyl (C=O) groups excluding carboxylic acids is 1. The second kappa shape index (κ2) is 28.2. The van der Waals surface area contributed by atoms with E-state index in [1.54, 1.807) is 6.08 Å². The van der Waals surface area contributed by atoms with Gasteiger partial charge in [0.15, 0.2) is 6.29 Å². The molecule has 1 heterocycles. The summed E-state index contributed by atoms with van der Waals surface area (Å²) in [6, 6.07) is -0.848. The normalized spacial score (nSPS) is 23.7. The van der Waals surface area contributed by atoms with E-state index in [-0.39, 0.29) is 18.9 Å². The first-order chi connectivity index (χ1) is 22.3. The lowest BCUT2D eigenvalue weighted by Gasteiger charge is -2.40. The maximum atomic E-state index is 12.8. The summed E-state index contributed by atoms with van der Waals surface area (Å²) < 4.78 is 11.1. The number of rotatable bonds is 27. The number of aliphatic hydroxyl groups excluding tert-OH is 5. The average Bonchev–Trinajstić information content (AvgIpc) is 3.05. The highest BCUT2D eigenvalue weighted by Crippen LogP contribution is 2.22. The van der Waals surface area contributed by atoms with Crippen LogP contribution in [-0.4, -0.2) is 87.5 Å². The van der Waals surface area contributed by atoms with Crippen LogP contribution in [0.4, 0.5) is 0 Å². The number of carbonyl (C=O) groups is 1. The Morgan fingerprint density at radius 1 is 0.739 bits per heavy atom. The average molecular weight is 652 g/mol. The van der Waals surface area contributed by atoms with Crippen LogP contribution in [0.1, 0.15) is 123 Å². The molecule has 1 rings (SSSR count). The second-order valence-electron chi connectivity index (χ2n) is 12.3.